The van der Waals surface area contributed by atoms with Crippen molar-refractivity contribution in [2.45, 2.75) is 13.5 Å². The number of hydrogen-bond donors (Lipinski definition) is 2. The highest BCUT2D eigenvalue weighted by molar-refractivity contribution is 5.82. The standard InChI is InChI=1S/C15H14N8O/c1-9-3-4-10(17-7-9)8-22-13-11(19-15(22)24)12(16)20-14(21-13)23-6-2-5-18-23/h2-7H,8H2,1H3,(H,19,24)(H2,16,20,21). The summed E-state index contributed by atoms with van der Waals surface area (Å²) in [5, 5.41) is 4.09. The number of hydrogen-bond acceptors (Lipinski definition) is 6. The van der Waals surface area contributed by atoms with Crippen molar-refractivity contribution < 1.29 is 0 Å². The number of rotatable bonds is 3. The van der Waals surface area contributed by atoms with Gasteiger partial charge >= 0.3 is 5.69 Å². The molecule has 0 unspecified atom stereocenters. The van der Waals surface area contributed by atoms with Crippen molar-refractivity contribution in [2.75, 3.05) is 5.73 Å². The Morgan fingerprint density at radius 3 is 2.88 bits per heavy atom. The third-order valence-corrected chi connectivity index (χ3v) is 3.64. The summed E-state index contributed by atoms with van der Waals surface area (Å²) >= 11 is 0. The molecule has 4 aromatic heterocycles. The van der Waals surface area contributed by atoms with Crippen molar-refractivity contribution in [2.24, 2.45) is 0 Å². The number of nitrogen functional groups attached to an aromatic ring is 1. The first kappa shape index (κ1) is 14.1. The van der Waals surface area contributed by atoms with Crippen LogP contribution in [0.15, 0.2) is 41.6 Å². The molecule has 0 aliphatic heterocycles. The SMILES string of the molecule is Cc1ccc(Cn2c(=O)[nH]c3c(N)nc(-n4cccn4)nc32)nc1. The summed E-state index contributed by atoms with van der Waals surface area (Å²) < 4.78 is 2.97. The summed E-state index contributed by atoms with van der Waals surface area (Å²) in [5.74, 6) is 0.493. The van der Waals surface area contributed by atoms with Crippen molar-refractivity contribution >= 4 is 17.0 Å². The highest BCUT2D eigenvalue weighted by Gasteiger charge is 2.15. The molecule has 4 aromatic rings. The maximum atomic E-state index is 12.3. The minimum absolute atomic E-state index is 0.193. The molecule has 9 heteroatoms. The number of nitrogens with zero attached hydrogens (tertiary/aromatic N) is 6. The summed E-state index contributed by atoms with van der Waals surface area (Å²) in [5.41, 5.74) is 8.28. The lowest BCUT2D eigenvalue weighted by atomic mass is 10.3. The molecule has 3 N–H and O–H groups in total. The van der Waals surface area contributed by atoms with Gasteiger partial charge in [-0.2, -0.15) is 15.1 Å². The smallest absolute Gasteiger partial charge is 0.328 e. The summed E-state index contributed by atoms with van der Waals surface area (Å²) in [7, 11) is 0. The van der Waals surface area contributed by atoms with Crippen molar-refractivity contribution in [3.05, 3.63) is 58.5 Å². The molecule has 4 heterocycles. The fraction of sp³-hybridized carbons (Fsp3) is 0.133. The number of aryl methyl sites for hydroxylation is 1. The molecule has 0 saturated heterocycles. The molecule has 9 nitrogen and oxygen atoms in total. The quantitative estimate of drug-likeness (QED) is 0.571. The lowest BCUT2D eigenvalue weighted by molar-refractivity contribution is 0.748. The minimum Gasteiger partial charge on any atom is -0.382 e. The summed E-state index contributed by atoms with van der Waals surface area (Å²) in [6, 6.07) is 5.57. The summed E-state index contributed by atoms with van der Waals surface area (Å²) in [6.07, 6.45) is 5.08. The van der Waals surface area contributed by atoms with Crippen LogP contribution in [-0.2, 0) is 6.54 Å². The number of fused-ring (bicyclic) bond motifs is 1. The van der Waals surface area contributed by atoms with Crippen LogP contribution in [0.3, 0.4) is 0 Å². The highest BCUT2D eigenvalue weighted by atomic mass is 16.1. The molecule has 0 saturated carbocycles. The number of imidazole rings is 1. The number of aromatic amines is 1. The average Bonchev–Trinajstić information content (AvgIpc) is 3.19. The normalized spacial score (nSPS) is 11.2. The minimum atomic E-state index is -0.314. The Bertz CT molecular complexity index is 1060. The first-order valence-corrected chi connectivity index (χ1v) is 7.29. The molecular formula is C15H14N8O. The molecule has 0 aliphatic rings. The van der Waals surface area contributed by atoms with E-state index < -0.39 is 0 Å². The first-order chi connectivity index (χ1) is 11.6. The van der Waals surface area contributed by atoms with E-state index in [-0.39, 0.29) is 18.1 Å². The molecule has 0 fully saturated rings. The van der Waals surface area contributed by atoms with Gasteiger partial charge in [0.2, 0.25) is 0 Å². The van der Waals surface area contributed by atoms with Gasteiger partial charge in [-0.1, -0.05) is 6.07 Å². The Kier molecular flexibility index (Phi) is 3.12. The number of pyridine rings is 1. The van der Waals surface area contributed by atoms with E-state index in [1.807, 2.05) is 19.1 Å². The number of H-pyrrole nitrogens is 1. The van der Waals surface area contributed by atoms with E-state index in [0.29, 0.717) is 17.1 Å². The third kappa shape index (κ3) is 2.32. The number of nitrogens with one attached hydrogen (secondary N) is 1. The van der Waals surface area contributed by atoms with Crippen LogP contribution in [0.4, 0.5) is 5.82 Å². The van der Waals surface area contributed by atoms with E-state index in [1.54, 1.807) is 24.7 Å². The third-order valence-electron chi connectivity index (χ3n) is 3.64. The van der Waals surface area contributed by atoms with Crippen LogP contribution in [0.25, 0.3) is 17.1 Å². The number of anilines is 1. The van der Waals surface area contributed by atoms with Gasteiger partial charge in [-0.15, -0.1) is 0 Å². The second-order valence-electron chi connectivity index (χ2n) is 5.40. The molecule has 0 amide bonds. The maximum absolute atomic E-state index is 12.3. The molecule has 0 bridgehead atoms. The predicted molar refractivity (Wildman–Crippen MR) is 87.8 cm³/mol. The molecule has 120 valence electrons. The van der Waals surface area contributed by atoms with E-state index in [0.717, 1.165) is 11.3 Å². The van der Waals surface area contributed by atoms with Gasteiger partial charge in [0.1, 0.15) is 5.52 Å². The van der Waals surface area contributed by atoms with Crippen molar-refractivity contribution in [3.8, 4) is 5.95 Å². The van der Waals surface area contributed by atoms with Crippen LogP contribution < -0.4 is 11.4 Å². The topological polar surface area (TPSA) is 120 Å². The lowest BCUT2D eigenvalue weighted by Crippen LogP contribution is -2.18. The van der Waals surface area contributed by atoms with E-state index in [4.69, 9.17) is 5.73 Å². The van der Waals surface area contributed by atoms with E-state index >= 15 is 0 Å². The van der Waals surface area contributed by atoms with E-state index in [1.165, 1.54) is 9.25 Å². The Morgan fingerprint density at radius 1 is 1.29 bits per heavy atom. The van der Waals surface area contributed by atoms with Crippen LogP contribution in [0, 0.1) is 6.92 Å². The molecule has 0 aliphatic carbocycles. The molecule has 0 atom stereocenters. The second-order valence-corrected chi connectivity index (χ2v) is 5.40. The van der Waals surface area contributed by atoms with Gasteiger partial charge < -0.3 is 10.7 Å². The monoisotopic (exact) mass is 322 g/mol. The van der Waals surface area contributed by atoms with Gasteiger partial charge in [0.15, 0.2) is 11.5 Å². The predicted octanol–water partition coefficient (Wildman–Crippen LogP) is 0.639. The Morgan fingerprint density at radius 2 is 2.17 bits per heavy atom. The fourth-order valence-electron chi connectivity index (χ4n) is 2.43. The number of nitrogens with two attached hydrogens (primary N) is 1. The molecule has 4 rings (SSSR count). The van der Waals surface area contributed by atoms with Crippen LogP contribution in [0.2, 0.25) is 0 Å². The zero-order valence-electron chi connectivity index (χ0n) is 12.8. The van der Waals surface area contributed by atoms with Gasteiger partial charge in [-0.25, -0.2) is 9.48 Å². The summed E-state index contributed by atoms with van der Waals surface area (Å²) in [4.78, 5) is 27.9. The van der Waals surface area contributed by atoms with E-state index in [2.05, 4.69) is 25.0 Å². The molecule has 0 spiro atoms. The Labute approximate surface area is 135 Å². The van der Waals surface area contributed by atoms with Gasteiger partial charge in [-0.05, 0) is 24.6 Å². The van der Waals surface area contributed by atoms with Crippen LogP contribution in [0.5, 0.6) is 0 Å². The van der Waals surface area contributed by atoms with Crippen molar-refractivity contribution in [3.63, 3.8) is 0 Å². The van der Waals surface area contributed by atoms with Gasteiger partial charge in [0, 0.05) is 18.6 Å². The fourth-order valence-corrected chi connectivity index (χ4v) is 2.43. The first-order valence-electron chi connectivity index (χ1n) is 7.29. The molecule has 0 radical (unpaired) electrons. The average molecular weight is 322 g/mol. The Hall–Kier alpha value is -3.49. The second kappa shape index (κ2) is 5.30. The number of aromatic nitrogens is 7. The van der Waals surface area contributed by atoms with Gasteiger partial charge in [0.05, 0.1) is 12.2 Å². The zero-order chi connectivity index (χ0) is 16.7. The molecular weight excluding hydrogens is 308 g/mol. The van der Waals surface area contributed by atoms with Gasteiger partial charge in [-0.3, -0.25) is 9.55 Å². The van der Waals surface area contributed by atoms with Crippen LogP contribution in [-0.4, -0.2) is 34.3 Å². The Balaban J connectivity index is 1.87. The molecule has 0 aromatic carbocycles. The van der Waals surface area contributed by atoms with Crippen molar-refractivity contribution in [1.82, 2.24) is 34.3 Å². The van der Waals surface area contributed by atoms with Gasteiger partial charge in [0.25, 0.3) is 5.95 Å². The van der Waals surface area contributed by atoms with Crippen LogP contribution in [0.1, 0.15) is 11.3 Å². The largest absolute Gasteiger partial charge is 0.382 e. The van der Waals surface area contributed by atoms with E-state index in [9.17, 15) is 4.79 Å². The highest BCUT2D eigenvalue weighted by Crippen LogP contribution is 2.16. The van der Waals surface area contributed by atoms with Crippen molar-refractivity contribution in [1.29, 1.82) is 0 Å². The lowest BCUT2D eigenvalue weighted by Gasteiger charge is -2.05. The molecule has 24 heavy (non-hydrogen) atoms. The summed E-state index contributed by atoms with van der Waals surface area (Å²) in [6.45, 7) is 2.24. The maximum Gasteiger partial charge on any atom is 0.328 e. The van der Waals surface area contributed by atoms with Crippen LogP contribution >= 0.6 is 0 Å². The zero-order valence-corrected chi connectivity index (χ0v) is 12.8.